The van der Waals surface area contributed by atoms with Gasteiger partial charge in [-0.2, -0.15) is 0 Å². The Bertz CT molecular complexity index is 524. The van der Waals surface area contributed by atoms with Crippen LogP contribution in [0.1, 0.15) is 25.5 Å². The van der Waals surface area contributed by atoms with Gasteiger partial charge in [-0.25, -0.2) is 4.79 Å². The quantitative estimate of drug-likeness (QED) is 0.803. The Balaban J connectivity index is 2.11. The molecule has 0 radical (unpaired) electrons. The van der Waals surface area contributed by atoms with Gasteiger partial charge in [-0.05, 0) is 18.8 Å². The Hall–Kier alpha value is -1.36. The third kappa shape index (κ3) is 2.34. The van der Waals surface area contributed by atoms with Crippen LogP contribution in [0.5, 0.6) is 0 Å². The van der Waals surface area contributed by atoms with E-state index in [1.807, 2.05) is 0 Å². The molecule has 0 unspecified atom stereocenters. The minimum absolute atomic E-state index is 0.244. The minimum atomic E-state index is -0.267. The van der Waals surface area contributed by atoms with Crippen molar-refractivity contribution in [3.8, 4) is 0 Å². The second-order valence-electron chi connectivity index (χ2n) is 5.03. The summed E-state index contributed by atoms with van der Waals surface area (Å²) < 4.78 is 2.64. The lowest BCUT2D eigenvalue weighted by molar-refractivity contribution is 0.238. The second-order valence-corrected chi connectivity index (χ2v) is 5.03. The van der Waals surface area contributed by atoms with Gasteiger partial charge in [-0.3, -0.25) is 13.9 Å². The van der Waals surface area contributed by atoms with Gasteiger partial charge in [0.25, 0.3) is 5.56 Å². The number of nitrogens with one attached hydrogen (secondary N) is 1. The summed E-state index contributed by atoms with van der Waals surface area (Å²) in [5.41, 5.74) is 0.237. The van der Waals surface area contributed by atoms with Crippen LogP contribution in [0.2, 0.25) is 0 Å². The van der Waals surface area contributed by atoms with Crippen molar-refractivity contribution in [2.24, 2.45) is 20.0 Å². The Morgan fingerprint density at radius 3 is 2.53 bits per heavy atom. The van der Waals surface area contributed by atoms with Crippen LogP contribution in [-0.4, -0.2) is 15.2 Å². The number of rotatable bonds is 3. The Labute approximate surface area is 100 Å². The van der Waals surface area contributed by atoms with Gasteiger partial charge in [0.05, 0.1) is 0 Å². The van der Waals surface area contributed by atoms with Crippen molar-refractivity contribution >= 4 is 0 Å². The molecule has 5 heteroatoms. The van der Waals surface area contributed by atoms with Crippen LogP contribution in [-0.2, 0) is 20.6 Å². The van der Waals surface area contributed by atoms with E-state index >= 15 is 0 Å². The summed E-state index contributed by atoms with van der Waals surface area (Å²) in [7, 11) is 3.19. The smallest absolute Gasteiger partial charge is 0.308 e. The number of hydrogen-bond donors (Lipinski definition) is 1. The molecule has 94 valence electrons. The first-order chi connectivity index (χ1) is 7.99. The summed E-state index contributed by atoms with van der Waals surface area (Å²) in [6.45, 7) is 2.81. The maximum absolute atomic E-state index is 11.7. The maximum Gasteiger partial charge on any atom is 0.330 e. The molecule has 0 saturated heterocycles. The fourth-order valence-corrected chi connectivity index (χ4v) is 2.27. The van der Waals surface area contributed by atoms with E-state index in [-0.39, 0.29) is 11.2 Å². The van der Waals surface area contributed by atoms with Crippen molar-refractivity contribution in [3.05, 3.63) is 32.6 Å². The fourth-order valence-electron chi connectivity index (χ4n) is 2.27. The van der Waals surface area contributed by atoms with Crippen molar-refractivity contribution in [1.29, 1.82) is 0 Å². The second kappa shape index (κ2) is 4.49. The first-order valence-corrected chi connectivity index (χ1v) is 5.98. The predicted octanol–water partition coefficient (Wildman–Crippen LogP) is -0.0279. The molecular formula is C12H19N3O2. The largest absolute Gasteiger partial charge is 0.330 e. The van der Waals surface area contributed by atoms with Gasteiger partial charge in [0.1, 0.15) is 0 Å². The summed E-state index contributed by atoms with van der Waals surface area (Å²) in [4.78, 5) is 23.2. The number of hydrogen-bond acceptors (Lipinski definition) is 3. The van der Waals surface area contributed by atoms with Crippen LogP contribution in [0.3, 0.4) is 0 Å². The van der Waals surface area contributed by atoms with Gasteiger partial charge < -0.3 is 5.32 Å². The first kappa shape index (κ1) is 12.1. The number of aromatic nitrogens is 2. The van der Waals surface area contributed by atoms with Crippen LogP contribution in [0.25, 0.3) is 0 Å². The minimum Gasteiger partial charge on any atom is -0.308 e. The van der Waals surface area contributed by atoms with Crippen LogP contribution in [0.15, 0.2) is 15.7 Å². The van der Waals surface area contributed by atoms with E-state index in [4.69, 9.17) is 0 Å². The van der Waals surface area contributed by atoms with Crippen LogP contribution in [0.4, 0.5) is 0 Å². The van der Waals surface area contributed by atoms with Gasteiger partial charge >= 0.3 is 5.69 Å². The topological polar surface area (TPSA) is 56.0 Å². The third-order valence-corrected chi connectivity index (χ3v) is 3.57. The Morgan fingerprint density at radius 2 is 1.94 bits per heavy atom. The van der Waals surface area contributed by atoms with Gasteiger partial charge in [0.15, 0.2) is 0 Å². The van der Waals surface area contributed by atoms with Gasteiger partial charge in [0.2, 0.25) is 0 Å². The molecule has 0 aliphatic heterocycles. The van der Waals surface area contributed by atoms with Gasteiger partial charge in [0, 0.05) is 38.4 Å². The first-order valence-electron chi connectivity index (χ1n) is 5.98. The highest BCUT2D eigenvalue weighted by Crippen LogP contribution is 2.26. The van der Waals surface area contributed by atoms with Crippen molar-refractivity contribution in [2.75, 3.05) is 0 Å². The summed E-state index contributed by atoms with van der Waals surface area (Å²) in [5, 5.41) is 3.37. The number of nitrogens with zero attached hydrogens (tertiary/aromatic N) is 2. The van der Waals surface area contributed by atoms with E-state index in [2.05, 4.69) is 12.2 Å². The van der Waals surface area contributed by atoms with E-state index in [0.29, 0.717) is 12.6 Å². The lowest BCUT2D eigenvalue weighted by Crippen LogP contribution is -2.43. The molecule has 1 aromatic heterocycles. The normalized spacial score (nSPS) is 23.5. The van der Waals surface area contributed by atoms with Crippen molar-refractivity contribution in [3.63, 3.8) is 0 Å². The molecule has 1 N–H and O–H groups in total. The summed E-state index contributed by atoms with van der Waals surface area (Å²) in [6, 6.07) is 2.06. The monoisotopic (exact) mass is 237 g/mol. The highest BCUT2D eigenvalue weighted by molar-refractivity contribution is 5.02. The fraction of sp³-hybridized carbons (Fsp3) is 0.667. The molecule has 1 heterocycles. The Morgan fingerprint density at radius 1 is 1.29 bits per heavy atom. The van der Waals surface area contributed by atoms with Crippen LogP contribution in [0, 0.1) is 5.92 Å². The molecule has 5 nitrogen and oxygen atoms in total. The Kier molecular flexibility index (Phi) is 3.19. The lowest BCUT2D eigenvalue weighted by Gasteiger charge is -2.33. The molecule has 0 amide bonds. The summed E-state index contributed by atoms with van der Waals surface area (Å²) >= 11 is 0. The van der Waals surface area contributed by atoms with Gasteiger partial charge in [-0.15, -0.1) is 0 Å². The van der Waals surface area contributed by atoms with Crippen LogP contribution < -0.4 is 16.6 Å². The van der Waals surface area contributed by atoms with E-state index in [1.54, 1.807) is 7.05 Å². The molecule has 0 spiro atoms. The molecular weight excluding hydrogens is 218 g/mol. The van der Waals surface area contributed by atoms with Crippen molar-refractivity contribution in [2.45, 2.75) is 32.4 Å². The van der Waals surface area contributed by atoms with Crippen molar-refractivity contribution < 1.29 is 0 Å². The standard InChI is InChI=1S/C12H19N3O2/c1-8-4-9(5-8)13-7-10-6-11(16)15(3)12(17)14(10)2/h6,8-9,13H,4-5,7H2,1-3H3. The molecule has 0 aromatic carbocycles. The molecule has 1 aliphatic carbocycles. The predicted molar refractivity (Wildman–Crippen MR) is 65.9 cm³/mol. The summed E-state index contributed by atoms with van der Waals surface area (Å²) in [6.07, 6.45) is 2.36. The van der Waals surface area contributed by atoms with E-state index in [0.717, 1.165) is 16.2 Å². The highest BCUT2D eigenvalue weighted by atomic mass is 16.2. The molecule has 1 fully saturated rings. The summed E-state index contributed by atoms with van der Waals surface area (Å²) in [5.74, 6) is 0.792. The molecule has 1 aromatic rings. The van der Waals surface area contributed by atoms with Crippen molar-refractivity contribution in [1.82, 2.24) is 14.5 Å². The zero-order valence-corrected chi connectivity index (χ0v) is 10.6. The van der Waals surface area contributed by atoms with E-state index in [9.17, 15) is 9.59 Å². The van der Waals surface area contributed by atoms with E-state index < -0.39 is 0 Å². The molecule has 17 heavy (non-hydrogen) atoms. The molecule has 2 rings (SSSR count). The molecule has 0 bridgehead atoms. The molecule has 1 aliphatic rings. The highest BCUT2D eigenvalue weighted by Gasteiger charge is 2.24. The maximum atomic E-state index is 11.7. The molecule has 0 atom stereocenters. The zero-order valence-electron chi connectivity index (χ0n) is 10.6. The third-order valence-electron chi connectivity index (χ3n) is 3.57. The average Bonchev–Trinajstić information content (AvgIpc) is 2.26. The zero-order chi connectivity index (χ0) is 12.6. The average molecular weight is 237 g/mol. The van der Waals surface area contributed by atoms with Gasteiger partial charge in [-0.1, -0.05) is 6.92 Å². The lowest BCUT2D eigenvalue weighted by atomic mass is 9.82. The molecule has 1 saturated carbocycles. The van der Waals surface area contributed by atoms with Crippen LogP contribution >= 0.6 is 0 Å². The SMILES string of the molecule is CC1CC(NCc2cc(=O)n(C)c(=O)n2C)C1. The van der Waals surface area contributed by atoms with E-state index in [1.165, 1.54) is 30.5 Å².